The maximum absolute atomic E-state index is 13.1. The van der Waals surface area contributed by atoms with Crippen LogP contribution in [0.25, 0.3) is 0 Å². The first-order valence-electron chi connectivity index (χ1n) is 11.3. The van der Waals surface area contributed by atoms with E-state index in [1.165, 1.54) is 12.1 Å². The number of halogens is 1. The van der Waals surface area contributed by atoms with Crippen LogP contribution in [0, 0.1) is 12.7 Å². The third kappa shape index (κ3) is 6.79. The summed E-state index contributed by atoms with van der Waals surface area (Å²) in [4.78, 5) is 31.4. The average Bonchev–Trinajstić information content (AvgIpc) is 2.79. The zero-order chi connectivity index (χ0) is 22.9. The van der Waals surface area contributed by atoms with Crippen molar-refractivity contribution in [3.63, 3.8) is 0 Å². The van der Waals surface area contributed by atoms with E-state index in [1.54, 1.807) is 12.1 Å². The van der Waals surface area contributed by atoms with Gasteiger partial charge in [-0.3, -0.25) is 14.5 Å². The van der Waals surface area contributed by atoms with Crippen LogP contribution in [0.2, 0.25) is 0 Å². The second-order valence-corrected chi connectivity index (χ2v) is 8.23. The Morgan fingerprint density at radius 2 is 1.69 bits per heavy atom. The van der Waals surface area contributed by atoms with Gasteiger partial charge in [0, 0.05) is 50.5 Å². The van der Waals surface area contributed by atoms with Gasteiger partial charge in [-0.25, -0.2) is 4.39 Å². The molecule has 2 aromatic rings. The Kier molecular flexibility index (Phi) is 8.62. The summed E-state index contributed by atoms with van der Waals surface area (Å²) in [6, 6.07) is 14.2. The molecule has 32 heavy (non-hydrogen) atoms. The van der Waals surface area contributed by atoms with Crippen LogP contribution >= 0.6 is 0 Å². The molecular formula is C25H33FN4O2. The molecule has 3 rings (SSSR count). The van der Waals surface area contributed by atoms with E-state index in [1.807, 2.05) is 41.0 Å². The van der Waals surface area contributed by atoms with E-state index in [9.17, 15) is 14.0 Å². The van der Waals surface area contributed by atoms with E-state index < -0.39 is 0 Å². The largest absolute Gasteiger partial charge is 0.368 e. The molecule has 7 heteroatoms. The van der Waals surface area contributed by atoms with Crippen molar-refractivity contribution in [3.8, 4) is 0 Å². The molecule has 0 bridgehead atoms. The summed E-state index contributed by atoms with van der Waals surface area (Å²) < 4.78 is 13.1. The number of carbonyl (C=O) groups excluding carboxylic acids is 2. The first kappa shape index (κ1) is 23.7. The van der Waals surface area contributed by atoms with Gasteiger partial charge in [0.25, 0.3) is 0 Å². The van der Waals surface area contributed by atoms with Crippen LogP contribution in [0.1, 0.15) is 25.3 Å². The third-order valence-corrected chi connectivity index (χ3v) is 5.79. The molecule has 0 spiro atoms. The van der Waals surface area contributed by atoms with Gasteiger partial charge >= 0.3 is 0 Å². The molecule has 0 atom stereocenters. The Bertz CT molecular complexity index is 895. The Hall–Kier alpha value is -2.93. The molecule has 1 heterocycles. The van der Waals surface area contributed by atoms with Gasteiger partial charge in [-0.2, -0.15) is 0 Å². The molecule has 0 radical (unpaired) electrons. The number of hydrogen-bond donors (Lipinski definition) is 1. The van der Waals surface area contributed by atoms with Gasteiger partial charge in [0.2, 0.25) is 11.8 Å². The molecule has 0 aliphatic carbocycles. The fourth-order valence-electron chi connectivity index (χ4n) is 3.97. The number of hydrogen-bond acceptors (Lipinski definition) is 4. The normalized spacial score (nSPS) is 14.0. The van der Waals surface area contributed by atoms with E-state index >= 15 is 0 Å². The highest BCUT2D eigenvalue weighted by molar-refractivity contribution is 5.93. The van der Waals surface area contributed by atoms with E-state index in [-0.39, 0.29) is 24.2 Å². The number of benzene rings is 2. The van der Waals surface area contributed by atoms with Gasteiger partial charge in [0.15, 0.2) is 0 Å². The number of amides is 2. The highest BCUT2D eigenvalue weighted by atomic mass is 19.1. The number of nitrogens with one attached hydrogen (secondary N) is 1. The Morgan fingerprint density at radius 1 is 1.00 bits per heavy atom. The van der Waals surface area contributed by atoms with Crippen LogP contribution in [0.3, 0.4) is 0 Å². The summed E-state index contributed by atoms with van der Waals surface area (Å²) in [5, 5.41) is 2.97. The van der Waals surface area contributed by atoms with E-state index in [2.05, 4.69) is 17.1 Å². The molecule has 1 fully saturated rings. The molecular weight excluding hydrogens is 407 g/mol. The lowest BCUT2D eigenvalue weighted by atomic mass is 10.2. The van der Waals surface area contributed by atoms with Crippen molar-refractivity contribution < 1.29 is 14.0 Å². The van der Waals surface area contributed by atoms with Gasteiger partial charge in [-0.1, -0.05) is 25.1 Å². The first-order chi connectivity index (χ1) is 15.5. The minimum atomic E-state index is -0.244. The van der Waals surface area contributed by atoms with Crippen LogP contribution < -0.4 is 10.2 Å². The number of para-hydroxylation sites is 1. The zero-order valence-corrected chi connectivity index (χ0v) is 19.0. The van der Waals surface area contributed by atoms with Crippen molar-refractivity contribution in [1.82, 2.24) is 9.80 Å². The predicted octanol–water partition coefficient (Wildman–Crippen LogP) is 3.52. The Morgan fingerprint density at radius 3 is 2.34 bits per heavy atom. The summed E-state index contributed by atoms with van der Waals surface area (Å²) in [5.41, 5.74) is 2.83. The summed E-state index contributed by atoms with van der Waals surface area (Å²) in [6.45, 7) is 8.41. The van der Waals surface area contributed by atoms with Crippen LogP contribution in [0.15, 0.2) is 48.5 Å². The SMILES string of the molecule is CCCN(CCC(=O)N1CCN(c2ccc(F)cc2)CC1)CC(=O)Nc1ccccc1C. The molecule has 2 aromatic carbocycles. The van der Waals surface area contributed by atoms with E-state index in [0.717, 1.165) is 43.0 Å². The van der Waals surface area contributed by atoms with Crippen molar-refractivity contribution >= 4 is 23.2 Å². The van der Waals surface area contributed by atoms with E-state index in [4.69, 9.17) is 0 Å². The minimum Gasteiger partial charge on any atom is -0.368 e. The average molecular weight is 441 g/mol. The molecule has 1 saturated heterocycles. The number of rotatable bonds is 9. The predicted molar refractivity (Wildman–Crippen MR) is 126 cm³/mol. The molecule has 0 unspecified atom stereocenters. The summed E-state index contributed by atoms with van der Waals surface area (Å²) in [6.07, 6.45) is 1.32. The smallest absolute Gasteiger partial charge is 0.238 e. The maximum atomic E-state index is 13.1. The lowest BCUT2D eigenvalue weighted by Gasteiger charge is -2.36. The van der Waals surface area contributed by atoms with Crippen molar-refractivity contribution in [2.24, 2.45) is 0 Å². The Balaban J connectivity index is 1.45. The van der Waals surface area contributed by atoms with Crippen LogP contribution in [-0.2, 0) is 9.59 Å². The fourth-order valence-corrected chi connectivity index (χ4v) is 3.97. The van der Waals surface area contributed by atoms with Gasteiger partial charge in [0.1, 0.15) is 5.82 Å². The lowest BCUT2D eigenvalue weighted by molar-refractivity contribution is -0.132. The second kappa shape index (κ2) is 11.6. The van der Waals surface area contributed by atoms with Crippen molar-refractivity contribution in [2.45, 2.75) is 26.7 Å². The van der Waals surface area contributed by atoms with Gasteiger partial charge in [-0.15, -0.1) is 0 Å². The van der Waals surface area contributed by atoms with Gasteiger partial charge in [-0.05, 0) is 55.8 Å². The molecule has 2 amide bonds. The van der Waals surface area contributed by atoms with Crippen molar-refractivity contribution in [2.75, 3.05) is 56.0 Å². The van der Waals surface area contributed by atoms with Gasteiger partial charge in [0.05, 0.1) is 6.54 Å². The van der Waals surface area contributed by atoms with Crippen molar-refractivity contribution in [1.29, 1.82) is 0 Å². The molecule has 172 valence electrons. The standard InChI is InChI=1S/C25H33FN4O2/c1-3-13-28(19-24(31)27-23-7-5-4-6-20(23)2)14-12-25(32)30-17-15-29(16-18-30)22-10-8-21(26)9-11-22/h4-11H,3,12-19H2,1-2H3,(H,27,31). The van der Waals surface area contributed by atoms with E-state index in [0.29, 0.717) is 26.1 Å². The molecule has 1 aliphatic rings. The first-order valence-corrected chi connectivity index (χ1v) is 11.3. The zero-order valence-electron chi connectivity index (χ0n) is 19.0. The lowest BCUT2D eigenvalue weighted by Crippen LogP contribution is -2.49. The highest BCUT2D eigenvalue weighted by Gasteiger charge is 2.22. The second-order valence-electron chi connectivity index (χ2n) is 8.23. The molecule has 0 aromatic heterocycles. The number of aryl methyl sites for hydroxylation is 1. The monoisotopic (exact) mass is 440 g/mol. The quantitative estimate of drug-likeness (QED) is 0.648. The summed E-state index contributed by atoms with van der Waals surface area (Å²) in [7, 11) is 0. The van der Waals surface area contributed by atoms with Crippen molar-refractivity contribution in [3.05, 3.63) is 59.9 Å². The number of piperazine rings is 1. The number of anilines is 2. The van der Waals surface area contributed by atoms with Crippen LogP contribution in [0.4, 0.5) is 15.8 Å². The molecule has 6 nitrogen and oxygen atoms in total. The topological polar surface area (TPSA) is 55.9 Å². The highest BCUT2D eigenvalue weighted by Crippen LogP contribution is 2.17. The minimum absolute atomic E-state index is 0.0619. The fraction of sp³-hybridized carbons (Fsp3) is 0.440. The summed E-state index contributed by atoms with van der Waals surface area (Å²) >= 11 is 0. The Labute approximate surface area is 190 Å². The van der Waals surface area contributed by atoms with Gasteiger partial charge < -0.3 is 15.1 Å². The molecule has 1 aliphatic heterocycles. The number of carbonyl (C=O) groups is 2. The van der Waals surface area contributed by atoms with Crippen LogP contribution in [-0.4, -0.2) is 67.4 Å². The molecule has 1 N–H and O–H groups in total. The van der Waals surface area contributed by atoms with Crippen LogP contribution in [0.5, 0.6) is 0 Å². The number of nitrogens with zero attached hydrogens (tertiary/aromatic N) is 3. The maximum Gasteiger partial charge on any atom is 0.238 e. The third-order valence-electron chi connectivity index (χ3n) is 5.79. The molecule has 0 saturated carbocycles. The summed E-state index contributed by atoms with van der Waals surface area (Å²) in [5.74, 6) is -0.191.